The summed E-state index contributed by atoms with van der Waals surface area (Å²) in [7, 11) is 0. The summed E-state index contributed by atoms with van der Waals surface area (Å²) in [6.45, 7) is 1.77. The van der Waals surface area contributed by atoms with E-state index in [0.29, 0.717) is 16.3 Å². The predicted octanol–water partition coefficient (Wildman–Crippen LogP) is 4.55. The van der Waals surface area contributed by atoms with Crippen LogP contribution in [0.15, 0.2) is 77.9 Å². The van der Waals surface area contributed by atoms with Gasteiger partial charge in [-0.15, -0.1) is 0 Å². The summed E-state index contributed by atoms with van der Waals surface area (Å²) in [5, 5.41) is 9.82. The molecular weight excluding hydrogens is 419 g/mol. The average molecular weight is 439 g/mol. The van der Waals surface area contributed by atoms with E-state index in [9.17, 15) is 14.0 Å². The monoisotopic (exact) mass is 438 g/mol. The number of halogens is 2. The molecular formula is C23H20ClFN4O2. The molecule has 0 heterocycles. The van der Waals surface area contributed by atoms with E-state index in [1.807, 2.05) is 30.3 Å². The van der Waals surface area contributed by atoms with E-state index >= 15 is 0 Å². The number of hydrogen-bond acceptors (Lipinski definition) is 4. The number of benzene rings is 3. The summed E-state index contributed by atoms with van der Waals surface area (Å²) < 4.78 is 13.9. The highest BCUT2D eigenvalue weighted by molar-refractivity contribution is 6.35. The first kappa shape index (κ1) is 22.0. The van der Waals surface area contributed by atoms with Crippen LogP contribution in [-0.4, -0.2) is 18.0 Å². The highest BCUT2D eigenvalue weighted by atomic mass is 35.5. The van der Waals surface area contributed by atoms with Crippen molar-refractivity contribution in [3.63, 3.8) is 0 Å². The van der Waals surface area contributed by atoms with E-state index < -0.39 is 17.6 Å². The van der Waals surface area contributed by atoms with Gasteiger partial charge in [0, 0.05) is 16.3 Å². The maximum atomic E-state index is 13.9. The van der Waals surface area contributed by atoms with Gasteiger partial charge in [-0.25, -0.2) is 9.82 Å². The third-order valence-electron chi connectivity index (χ3n) is 4.38. The Hall–Kier alpha value is -3.71. The number of rotatable bonds is 6. The van der Waals surface area contributed by atoms with Crippen LogP contribution in [0.5, 0.6) is 0 Å². The number of amides is 2. The highest BCUT2D eigenvalue weighted by Gasteiger charge is 2.16. The van der Waals surface area contributed by atoms with Crippen molar-refractivity contribution in [3.8, 4) is 0 Å². The SMILES string of the molecule is C[C@H](NC(=O)C(=O)N/N=C\c1cc(Cl)ccc1Nc1ccccc1F)c1ccccc1. The number of carbonyl (C=O) groups is 2. The van der Waals surface area contributed by atoms with Gasteiger partial charge in [0.2, 0.25) is 0 Å². The topological polar surface area (TPSA) is 82.6 Å². The quantitative estimate of drug-likeness (QED) is 0.300. The van der Waals surface area contributed by atoms with Gasteiger partial charge in [-0.3, -0.25) is 9.59 Å². The molecule has 3 aromatic carbocycles. The first-order valence-corrected chi connectivity index (χ1v) is 9.82. The van der Waals surface area contributed by atoms with E-state index in [4.69, 9.17) is 11.6 Å². The van der Waals surface area contributed by atoms with Gasteiger partial charge in [-0.1, -0.05) is 54.1 Å². The minimum Gasteiger partial charge on any atom is -0.353 e. The molecule has 1 atom stereocenters. The van der Waals surface area contributed by atoms with E-state index in [2.05, 4.69) is 21.2 Å². The number of nitrogens with zero attached hydrogens (tertiary/aromatic N) is 1. The lowest BCUT2D eigenvalue weighted by Crippen LogP contribution is -2.39. The third-order valence-corrected chi connectivity index (χ3v) is 4.62. The molecule has 0 saturated heterocycles. The number of carbonyl (C=O) groups excluding carboxylic acids is 2. The van der Waals surface area contributed by atoms with Gasteiger partial charge in [-0.2, -0.15) is 5.10 Å². The Bertz CT molecular complexity index is 1110. The zero-order chi connectivity index (χ0) is 22.2. The van der Waals surface area contributed by atoms with Crippen LogP contribution < -0.4 is 16.1 Å². The van der Waals surface area contributed by atoms with Crippen LogP contribution in [0.3, 0.4) is 0 Å². The normalized spacial score (nSPS) is 11.7. The van der Waals surface area contributed by atoms with Gasteiger partial charge >= 0.3 is 11.8 Å². The van der Waals surface area contributed by atoms with Crippen LogP contribution in [0.4, 0.5) is 15.8 Å². The van der Waals surface area contributed by atoms with Crippen LogP contribution in [0.1, 0.15) is 24.1 Å². The van der Waals surface area contributed by atoms with Crippen molar-refractivity contribution in [2.45, 2.75) is 13.0 Å². The molecule has 0 aliphatic rings. The number of para-hydroxylation sites is 1. The van der Waals surface area contributed by atoms with Gasteiger partial charge < -0.3 is 10.6 Å². The lowest BCUT2D eigenvalue weighted by Gasteiger charge is -2.13. The average Bonchev–Trinajstić information content (AvgIpc) is 2.77. The Labute approximate surface area is 184 Å². The molecule has 0 aliphatic carbocycles. The van der Waals surface area contributed by atoms with Crippen LogP contribution in [0.2, 0.25) is 5.02 Å². The van der Waals surface area contributed by atoms with E-state index in [1.54, 1.807) is 43.3 Å². The van der Waals surface area contributed by atoms with Gasteiger partial charge in [-0.05, 0) is 42.8 Å². The van der Waals surface area contributed by atoms with Crippen molar-refractivity contribution in [1.82, 2.24) is 10.7 Å². The van der Waals surface area contributed by atoms with Crippen molar-refractivity contribution >= 4 is 41.0 Å². The maximum Gasteiger partial charge on any atom is 0.329 e. The molecule has 0 saturated carbocycles. The van der Waals surface area contributed by atoms with Crippen molar-refractivity contribution in [1.29, 1.82) is 0 Å². The highest BCUT2D eigenvalue weighted by Crippen LogP contribution is 2.24. The third kappa shape index (κ3) is 6.13. The van der Waals surface area contributed by atoms with Gasteiger partial charge in [0.25, 0.3) is 0 Å². The standard InChI is InChI=1S/C23H20ClFN4O2/c1-15(16-7-3-2-4-8-16)27-22(30)23(31)29-26-14-17-13-18(24)11-12-20(17)28-21-10-6-5-9-19(21)25/h2-15,28H,1H3,(H,27,30)(H,29,31)/b26-14-/t15-/m0/s1. The molecule has 8 heteroatoms. The number of nitrogens with one attached hydrogen (secondary N) is 3. The van der Waals surface area contributed by atoms with Crippen molar-refractivity contribution in [3.05, 3.63) is 94.8 Å². The van der Waals surface area contributed by atoms with E-state index in [-0.39, 0.29) is 11.7 Å². The van der Waals surface area contributed by atoms with Crippen LogP contribution in [0, 0.1) is 5.82 Å². The van der Waals surface area contributed by atoms with Crippen molar-refractivity contribution < 1.29 is 14.0 Å². The second kappa shape index (κ2) is 10.4. The largest absolute Gasteiger partial charge is 0.353 e. The first-order chi connectivity index (χ1) is 14.9. The molecule has 0 radical (unpaired) electrons. The summed E-state index contributed by atoms with van der Waals surface area (Å²) in [5.41, 5.74) is 4.35. The Kier molecular flexibility index (Phi) is 7.35. The summed E-state index contributed by atoms with van der Waals surface area (Å²) >= 11 is 6.04. The predicted molar refractivity (Wildman–Crippen MR) is 120 cm³/mol. The summed E-state index contributed by atoms with van der Waals surface area (Å²) in [4.78, 5) is 24.2. The molecule has 0 aromatic heterocycles. The summed E-state index contributed by atoms with van der Waals surface area (Å²) in [6, 6.07) is 20.0. The molecule has 0 bridgehead atoms. The Morgan fingerprint density at radius 3 is 2.42 bits per heavy atom. The minimum absolute atomic E-state index is 0.276. The number of hydrazone groups is 1. The first-order valence-electron chi connectivity index (χ1n) is 9.44. The fourth-order valence-corrected chi connectivity index (χ4v) is 2.94. The summed E-state index contributed by atoms with van der Waals surface area (Å²) in [5.74, 6) is -2.15. The number of anilines is 2. The van der Waals surface area contributed by atoms with Crippen molar-refractivity contribution in [2.24, 2.45) is 5.10 Å². The fraction of sp³-hybridized carbons (Fsp3) is 0.0870. The molecule has 3 aromatic rings. The Morgan fingerprint density at radius 2 is 1.68 bits per heavy atom. The van der Waals surface area contributed by atoms with Crippen LogP contribution in [-0.2, 0) is 9.59 Å². The smallest absolute Gasteiger partial charge is 0.329 e. The molecule has 0 unspecified atom stereocenters. The fourth-order valence-electron chi connectivity index (χ4n) is 2.76. The van der Waals surface area contributed by atoms with Gasteiger partial charge in [0.15, 0.2) is 0 Å². The lowest BCUT2D eigenvalue weighted by atomic mass is 10.1. The molecule has 3 rings (SSSR count). The lowest BCUT2D eigenvalue weighted by molar-refractivity contribution is -0.139. The Morgan fingerprint density at radius 1 is 0.968 bits per heavy atom. The molecule has 31 heavy (non-hydrogen) atoms. The van der Waals surface area contributed by atoms with Gasteiger partial charge in [0.05, 0.1) is 17.9 Å². The van der Waals surface area contributed by atoms with Crippen LogP contribution in [0.25, 0.3) is 0 Å². The molecule has 6 nitrogen and oxygen atoms in total. The van der Waals surface area contributed by atoms with E-state index in [1.165, 1.54) is 12.3 Å². The zero-order valence-corrected chi connectivity index (χ0v) is 17.4. The van der Waals surface area contributed by atoms with Crippen molar-refractivity contribution in [2.75, 3.05) is 5.32 Å². The molecule has 2 amide bonds. The minimum atomic E-state index is -0.912. The maximum absolute atomic E-state index is 13.9. The molecule has 0 spiro atoms. The molecule has 3 N–H and O–H groups in total. The number of hydrogen-bond donors (Lipinski definition) is 3. The Balaban J connectivity index is 1.65. The van der Waals surface area contributed by atoms with Crippen LogP contribution >= 0.6 is 11.6 Å². The van der Waals surface area contributed by atoms with E-state index in [0.717, 1.165) is 5.56 Å². The molecule has 0 aliphatic heterocycles. The second-order valence-corrected chi connectivity index (χ2v) is 7.08. The summed E-state index contributed by atoms with van der Waals surface area (Å²) in [6.07, 6.45) is 1.32. The van der Waals surface area contributed by atoms with Gasteiger partial charge in [0.1, 0.15) is 5.82 Å². The second-order valence-electron chi connectivity index (χ2n) is 6.64. The zero-order valence-electron chi connectivity index (χ0n) is 16.6. The molecule has 158 valence electrons. The molecule has 0 fully saturated rings.